The molecule has 0 aliphatic carbocycles. The van der Waals surface area contributed by atoms with Crippen LogP contribution in [0, 0.1) is 5.41 Å². The van der Waals surface area contributed by atoms with Crippen molar-refractivity contribution in [1.29, 1.82) is 0 Å². The topological polar surface area (TPSA) is 38.3 Å². The first-order valence-electron chi connectivity index (χ1n) is 6.10. The lowest BCUT2D eigenvalue weighted by atomic mass is 9.95. The monoisotopic (exact) mass is 269 g/mol. The van der Waals surface area contributed by atoms with Gasteiger partial charge < -0.3 is 10.1 Å². The molecule has 0 radical (unpaired) electrons. The number of hydrogen-bond acceptors (Lipinski definition) is 2. The minimum Gasteiger partial charge on any atom is -0.491 e. The molecule has 3 nitrogen and oxygen atoms in total. The van der Waals surface area contributed by atoms with Crippen LogP contribution < -0.4 is 10.1 Å². The summed E-state index contributed by atoms with van der Waals surface area (Å²) in [5.74, 6) is 0.861. The van der Waals surface area contributed by atoms with Crippen LogP contribution in [0.2, 0.25) is 0 Å². The van der Waals surface area contributed by atoms with Gasteiger partial charge in [-0.2, -0.15) is 0 Å². The number of benzene rings is 1. The van der Waals surface area contributed by atoms with Gasteiger partial charge in [0.05, 0.1) is 17.7 Å². The highest BCUT2D eigenvalue weighted by molar-refractivity contribution is 6.20. The fourth-order valence-corrected chi connectivity index (χ4v) is 1.38. The van der Waals surface area contributed by atoms with Crippen LogP contribution in [0.25, 0.3) is 0 Å². The third-order valence-electron chi connectivity index (χ3n) is 2.55. The van der Waals surface area contributed by atoms with Crippen molar-refractivity contribution in [2.24, 2.45) is 5.41 Å². The zero-order valence-electron chi connectivity index (χ0n) is 11.1. The minimum atomic E-state index is -0.598. The second-order valence-electron chi connectivity index (χ2n) is 4.82. The summed E-state index contributed by atoms with van der Waals surface area (Å²) in [5.41, 5.74) is 0.0912. The van der Waals surface area contributed by atoms with E-state index in [-0.39, 0.29) is 11.8 Å². The Kier molecular flexibility index (Phi) is 5.48. The Hall–Kier alpha value is -1.22. The molecule has 100 valence electrons. The Morgan fingerprint density at radius 3 is 2.67 bits per heavy atom. The number of rotatable bonds is 6. The normalized spacial score (nSPS) is 11.1. The summed E-state index contributed by atoms with van der Waals surface area (Å²) in [6.45, 7) is 6.29. The van der Waals surface area contributed by atoms with Crippen molar-refractivity contribution < 1.29 is 9.53 Å². The molecule has 0 aromatic heterocycles. The highest BCUT2D eigenvalue weighted by atomic mass is 35.5. The average molecular weight is 270 g/mol. The van der Waals surface area contributed by atoms with Crippen molar-refractivity contribution in [3.8, 4) is 5.75 Å². The van der Waals surface area contributed by atoms with E-state index < -0.39 is 5.41 Å². The SMILES string of the molecule is CCCOc1ccccc1NC(=O)C(C)(C)CCl. The summed E-state index contributed by atoms with van der Waals surface area (Å²) >= 11 is 5.79. The molecule has 1 aromatic carbocycles. The van der Waals surface area contributed by atoms with E-state index >= 15 is 0 Å². The van der Waals surface area contributed by atoms with E-state index in [2.05, 4.69) is 5.32 Å². The van der Waals surface area contributed by atoms with Gasteiger partial charge in [0.1, 0.15) is 5.75 Å². The summed E-state index contributed by atoms with van der Waals surface area (Å²) < 4.78 is 5.59. The fourth-order valence-electron chi connectivity index (χ4n) is 1.26. The maximum Gasteiger partial charge on any atom is 0.231 e. The van der Waals surface area contributed by atoms with Crippen molar-refractivity contribution in [2.45, 2.75) is 27.2 Å². The molecule has 1 amide bonds. The van der Waals surface area contributed by atoms with Crippen LogP contribution in [-0.2, 0) is 4.79 Å². The lowest BCUT2D eigenvalue weighted by molar-refractivity contribution is -0.122. The molecule has 0 aliphatic heterocycles. The second kappa shape index (κ2) is 6.64. The Balaban J connectivity index is 2.81. The summed E-state index contributed by atoms with van der Waals surface area (Å²) in [6.07, 6.45) is 0.926. The van der Waals surface area contributed by atoms with Crippen LogP contribution in [0.15, 0.2) is 24.3 Å². The van der Waals surface area contributed by atoms with Crippen LogP contribution in [-0.4, -0.2) is 18.4 Å². The van der Waals surface area contributed by atoms with Gasteiger partial charge in [-0.05, 0) is 32.4 Å². The zero-order chi connectivity index (χ0) is 13.6. The number of para-hydroxylation sites is 2. The van der Waals surface area contributed by atoms with Gasteiger partial charge in [-0.25, -0.2) is 0 Å². The molecule has 0 fully saturated rings. The molecule has 0 atom stereocenters. The number of carbonyl (C=O) groups excluding carboxylic acids is 1. The second-order valence-corrected chi connectivity index (χ2v) is 5.08. The number of carbonyl (C=O) groups is 1. The van der Waals surface area contributed by atoms with E-state index in [4.69, 9.17) is 16.3 Å². The summed E-state index contributed by atoms with van der Waals surface area (Å²) in [6, 6.07) is 7.42. The van der Waals surface area contributed by atoms with Crippen LogP contribution in [0.3, 0.4) is 0 Å². The standard InChI is InChI=1S/C14H20ClNO2/c1-4-9-18-12-8-6-5-7-11(12)16-13(17)14(2,3)10-15/h5-8H,4,9-10H2,1-3H3,(H,16,17). The molecular weight excluding hydrogens is 250 g/mol. The van der Waals surface area contributed by atoms with Gasteiger partial charge in [0.15, 0.2) is 0 Å². The number of amides is 1. The van der Waals surface area contributed by atoms with Crippen LogP contribution in [0.5, 0.6) is 5.75 Å². The molecule has 1 rings (SSSR count). The van der Waals surface area contributed by atoms with Crippen LogP contribution in [0.4, 0.5) is 5.69 Å². The molecule has 1 N–H and O–H groups in total. The predicted octanol–water partition coefficient (Wildman–Crippen LogP) is 3.68. The molecule has 0 saturated heterocycles. The third-order valence-corrected chi connectivity index (χ3v) is 3.21. The summed E-state index contributed by atoms with van der Waals surface area (Å²) in [4.78, 5) is 12.0. The van der Waals surface area contributed by atoms with E-state index in [0.29, 0.717) is 18.0 Å². The van der Waals surface area contributed by atoms with Crippen LogP contribution in [0.1, 0.15) is 27.2 Å². The number of anilines is 1. The molecule has 1 aromatic rings. The van der Waals surface area contributed by atoms with Crippen molar-refractivity contribution in [3.05, 3.63) is 24.3 Å². The van der Waals surface area contributed by atoms with Crippen molar-refractivity contribution in [1.82, 2.24) is 0 Å². The maximum absolute atomic E-state index is 12.0. The van der Waals surface area contributed by atoms with E-state index in [1.807, 2.05) is 45.0 Å². The third kappa shape index (κ3) is 3.91. The number of alkyl halides is 1. The van der Waals surface area contributed by atoms with Gasteiger partial charge in [-0.3, -0.25) is 4.79 Å². The quantitative estimate of drug-likeness (QED) is 0.800. The molecule has 0 aliphatic rings. The van der Waals surface area contributed by atoms with E-state index in [1.165, 1.54) is 0 Å². The molecule has 4 heteroatoms. The number of hydrogen-bond donors (Lipinski definition) is 1. The highest BCUT2D eigenvalue weighted by Crippen LogP contribution is 2.27. The van der Waals surface area contributed by atoms with Gasteiger partial charge in [-0.15, -0.1) is 11.6 Å². The van der Waals surface area contributed by atoms with Crippen molar-refractivity contribution in [3.63, 3.8) is 0 Å². The molecule has 0 heterocycles. The van der Waals surface area contributed by atoms with Crippen LogP contribution >= 0.6 is 11.6 Å². The first-order valence-corrected chi connectivity index (χ1v) is 6.64. The minimum absolute atomic E-state index is 0.106. The van der Waals surface area contributed by atoms with Gasteiger partial charge in [0.2, 0.25) is 5.91 Å². The van der Waals surface area contributed by atoms with E-state index in [0.717, 1.165) is 6.42 Å². The van der Waals surface area contributed by atoms with E-state index in [1.54, 1.807) is 0 Å². The van der Waals surface area contributed by atoms with Crippen molar-refractivity contribution in [2.75, 3.05) is 17.8 Å². The van der Waals surface area contributed by atoms with Gasteiger partial charge in [0.25, 0.3) is 0 Å². The zero-order valence-corrected chi connectivity index (χ0v) is 11.9. The molecule has 0 bridgehead atoms. The first kappa shape index (κ1) is 14.8. The fraction of sp³-hybridized carbons (Fsp3) is 0.500. The van der Waals surface area contributed by atoms with Gasteiger partial charge >= 0.3 is 0 Å². The lowest BCUT2D eigenvalue weighted by Gasteiger charge is -2.21. The van der Waals surface area contributed by atoms with Gasteiger partial charge in [0, 0.05) is 5.88 Å². The Labute approximate surface area is 113 Å². The molecular formula is C14H20ClNO2. The Bertz CT molecular complexity index is 405. The number of ether oxygens (including phenoxy) is 1. The number of nitrogens with one attached hydrogen (secondary N) is 1. The molecule has 0 saturated carbocycles. The average Bonchev–Trinajstić information content (AvgIpc) is 2.37. The predicted molar refractivity (Wildman–Crippen MR) is 75.4 cm³/mol. The highest BCUT2D eigenvalue weighted by Gasteiger charge is 2.27. The summed E-state index contributed by atoms with van der Waals surface area (Å²) in [5, 5.41) is 2.86. The molecule has 0 unspecified atom stereocenters. The van der Waals surface area contributed by atoms with Gasteiger partial charge in [-0.1, -0.05) is 19.1 Å². The number of halogens is 1. The maximum atomic E-state index is 12.0. The molecule has 18 heavy (non-hydrogen) atoms. The lowest BCUT2D eigenvalue weighted by Crippen LogP contribution is -2.32. The van der Waals surface area contributed by atoms with E-state index in [9.17, 15) is 4.79 Å². The molecule has 0 spiro atoms. The van der Waals surface area contributed by atoms with Crippen molar-refractivity contribution >= 4 is 23.2 Å². The smallest absolute Gasteiger partial charge is 0.231 e. The Morgan fingerprint density at radius 2 is 2.06 bits per heavy atom. The first-order chi connectivity index (χ1) is 8.51. The summed E-state index contributed by atoms with van der Waals surface area (Å²) in [7, 11) is 0. The Morgan fingerprint density at radius 1 is 1.39 bits per heavy atom. The largest absolute Gasteiger partial charge is 0.491 e.